The molecule has 0 saturated carbocycles. The first kappa shape index (κ1) is 12.9. The lowest BCUT2D eigenvalue weighted by molar-refractivity contribution is 0.435. The Morgan fingerprint density at radius 1 is 1.11 bits per heavy atom. The van der Waals surface area contributed by atoms with E-state index in [1.807, 2.05) is 0 Å². The minimum atomic E-state index is 0.335. The van der Waals surface area contributed by atoms with Crippen LogP contribution in [0.15, 0.2) is 40.8 Å². The van der Waals surface area contributed by atoms with Crippen LogP contribution in [0.1, 0.15) is 42.5 Å². The van der Waals surface area contributed by atoms with Crippen LogP contribution in [0, 0.1) is 6.92 Å². The average Bonchev–Trinajstić information content (AvgIpc) is 2.84. The van der Waals surface area contributed by atoms with E-state index < -0.39 is 0 Å². The van der Waals surface area contributed by atoms with E-state index in [-0.39, 0.29) is 0 Å². The van der Waals surface area contributed by atoms with Crippen LogP contribution in [0.5, 0.6) is 0 Å². The summed E-state index contributed by atoms with van der Waals surface area (Å²) in [5.74, 6) is 2.06. The summed E-state index contributed by atoms with van der Waals surface area (Å²) in [5.41, 5.74) is 2.67. The zero-order valence-electron chi connectivity index (χ0n) is 11.4. The van der Waals surface area contributed by atoms with Crippen LogP contribution in [-0.2, 0) is 13.0 Å². The average molecular weight is 243 g/mol. The van der Waals surface area contributed by atoms with Gasteiger partial charge in [-0.25, -0.2) is 0 Å². The van der Waals surface area contributed by atoms with Gasteiger partial charge in [0.05, 0.1) is 6.54 Å². The van der Waals surface area contributed by atoms with Crippen molar-refractivity contribution in [3.05, 3.63) is 59.0 Å². The maximum absolute atomic E-state index is 5.69. The van der Waals surface area contributed by atoms with Gasteiger partial charge in [-0.2, -0.15) is 0 Å². The summed E-state index contributed by atoms with van der Waals surface area (Å²) in [6, 6.07) is 12.9. The van der Waals surface area contributed by atoms with Crippen LogP contribution in [0.4, 0.5) is 0 Å². The zero-order valence-corrected chi connectivity index (χ0v) is 11.4. The molecule has 0 amide bonds. The molecule has 2 nitrogen and oxygen atoms in total. The van der Waals surface area contributed by atoms with Crippen LogP contribution >= 0.6 is 0 Å². The molecular weight excluding hydrogens is 222 g/mol. The standard InChI is InChI=1S/C16H21NO/c1-4-14-9-10-15(18-14)11-17-13(3)16-8-6-5-7-12(16)2/h5-10,13,17H,4,11H2,1-3H3. The predicted molar refractivity (Wildman–Crippen MR) is 74.5 cm³/mol. The molecule has 18 heavy (non-hydrogen) atoms. The molecule has 0 fully saturated rings. The van der Waals surface area contributed by atoms with E-state index in [2.05, 4.69) is 62.5 Å². The van der Waals surface area contributed by atoms with Crippen LogP contribution in [0.25, 0.3) is 0 Å². The quantitative estimate of drug-likeness (QED) is 0.858. The molecule has 0 radical (unpaired) electrons. The third-order valence-corrected chi connectivity index (χ3v) is 3.30. The lowest BCUT2D eigenvalue weighted by Gasteiger charge is -2.15. The van der Waals surface area contributed by atoms with E-state index in [9.17, 15) is 0 Å². The van der Waals surface area contributed by atoms with Gasteiger partial charge in [-0.3, -0.25) is 0 Å². The minimum absolute atomic E-state index is 0.335. The Balaban J connectivity index is 1.96. The topological polar surface area (TPSA) is 25.2 Å². The van der Waals surface area contributed by atoms with Gasteiger partial charge in [0.25, 0.3) is 0 Å². The molecule has 1 N–H and O–H groups in total. The van der Waals surface area contributed by atoms with Crippen molar-refractivity contribution in [3.63, 3.8) is 0 Å². The first-order valence-electron chi connectivity index (χ1n) is 6.57. The minimum Gasteiger partial charge on any atom is -0.465 e. The number of benzene rings is 1. The highest BCUT2D eigenvalue weighted by molar-refractivity contribution is 5.28. The smallest absolute Gasteiger partial charge is 0.117 e. The summed E-state index contributed by atoms with van der Waals surface area (Å²) in [7, 11) is 0. The van der Waals surface area contributed by atoms with E-state index in [0.717, 1.165) is 24.5 Å². The first-order valence-corrected chi connectivity index (χ1v) is 6.57. The van der Waals surface area contributed by atoms with Gasteiger partial charge in [-0.05, 0) is 37.1 Å². The molecule has 1 heterocycles. The van der Waals surface area contributed by atoms with Crippen molar-refractivity contribution >= 4 is 0 Å². The van der Waals surface area contributed by atoms with Crippen molar-refractivity contribution in [1.82, 2.24) is 5.32 Å². The van der Waals surface area contributed by atoms with Gasteiger partial charge < -0.3 is 9.73 Å². The van der Waals surface area contributed by atoms with Crippen molar-refractivity contribution in [2.24, 2.45) is 0 Å². The Morgan fingerprint density at radius 2 is 1.83 bits per heavy atom. The maximum atomic E-state index is 5.69. The van der Waals surface area contributed by atoms with Crippen molar-refractivity contribution < 1.29 is 4.42 Å². The van der Waals surface area contributed by atoms with Crippen LogP contribution in [0.2, 0.25) is 0 Å². The molecule has 0 bridgehead atoms. The molecule has 0 spiro atoms. The summed E-state index contributed by atoms with van der Waals surface area (Å²) in [4.78, 5) is 0. The van der Waals surface area contributed by atoms with Crippen molar-refractivity contribution in [2.75, 3.05) is 0 Å². The van der Waals surface area contributed by atoms with Crippen LogP contribution < -0.4 is 5.32 Å². The summed E-state index contributed by atoms with van der Waals surface area (Å²) in [6.07, 6.45) is 0.952. The maximum Gasteiger partial charge on any atom is 0.117 e. The van der Waals surface area contributed by atoms with Gasteiger partial charge in [-0.15, -0.1) is 0 Å². The lowest BCUT2D eigenvalue weighted by Crippen LogP contribution is -2.18. The normalized spacial score (nSPS) is 12.6. The molecule has 1 atom stereocenters. The summed E-state index contributed by atoms with van der Waals surface area (Å²) in [6.45, 7) is 7.21. The molecule has 96 valence electrons. The van der Waals surface area contributed by atoms with Crippen LogP contribution in [0.3, 0.4) is 0 Å². The second-order valence-corrected chi connectivity index (χ2v) is 4.68. The van der Waals surface area contributed by atoms with Crippen LogP contribution in [-0.4, -0.2) is 0 Å². The number of rotatable bonds is 5. The highest BCUT2D eigenvalue weighted by Gasteiger charge is 2.08. The third-order valence-electron chi connectivity index (χ3n) is 3.30. The second kappa shape index (κ2) is 5.87. The van der Waals surface area contributed by atoms with E-state index in [1.54, 1.807) is 0 Å². The fourth-order valence-electron chi connectivity index (χ4n) is 2.14. The fourth-order valence-corrected chi connectivity index (χ4v) is 2.14. The van der Waals surface area contributed by atoms with E-state index in [1.165, 1.54) is 11.1 Å². The number of aryl methyl sites for hydroxylation is 2. The number of furan rings is 1. The predicted octanol–water partition coefficient (Wildman–Crippen LogP) is 4.00. The molecule has 2 aromatic rings. The molecule has 2 heteroatoms. The van der Waals surface area contributed by atoms with Gasteiger partial charge in [0.15, 0.2) is 0 Å². The summed E-state index contributed by atoms with van der Waals surface area (Å²) in [5, 5.41) is 3.50. The van der Waals surface area contributed by atoms with E-state index in [4.69, 9.17) is 4.42 Å². The first-order chi connectivity index (χ1) is 8.70. The molecule has 1 aromatic heterocycles. The Hall–Kier alpha value is -1.54. The molecular formula is C16H21NO. The second-order valence-electron chi connectivity index (χ2n) is 4.68. The Morgan fingerprint density at radius 3 is 2.50 bits per heavy atom. The lowest BCUT2D eigenvalue weighted by atomic mass is 10.0. The van der Waals surface area contributed by atoms with Gasteiger partial charge in [0, 0.05) is 12.5 Å². The van der Waals surface area contributed by atoms with Crippen molar-refractivity contribution in [3.8, 4) is 0 Å². The van der Waals surface area contributed by atoms with Crippen molar-refractivity contribution in [2.45, 2.75) is 39.8 Å². The number of hydrogen-bond acceptors (Lipinski definition) is 2. The largest absolute Gasteiger partial charge is 0.465 e. The highest BCUT2D eigenvalue weighted by atomic mass is 16.3. The van der Waals surface area contributed by atoms with Gasteiger partial charge in [-0.1, -0.05) is 31.2 Å². The zero-order chi connectivity index (χ0) is 13.0. The molecule has 0 aliphatic heterocycles. The van der Waals surface area contributed by atoms with E-state index in [0.29, 0.717) is 6.04 Å². The SMILES string of the molecule is CCc1ccc(CNC(C)c2ccccc2C)o1. The monoisotopic (exact) mass is 243 g/mol. The third kappa shape index (κ3) is 3.02. The molecule has 0 saturated heterocycles. The van der Waals surface area contributed by atoms with Gasteiger partial charge >= 0.3 is 0 Å². The molecule has 0 aliphatic rings. The summed E-state index contributed by atoms with van der Waals surface area (Å²) >= 11 is 0. The molecule has 2 rings (SSSR count). The Labute approximate surface area is 109 Å². The van der Waals surface area contributed by atoms with Gasteiger partial charge in [0.2, 0.25) is 0 Å². The number of hydrogen-bond donors (Lipinski definition) is 1. The van der Waals surface area contributed by atoms with Crippen molar-refractivity contribution in [1.29, 1.82) is 0 Å². The Bertz CT molecular complexity index is 501. The van der Waals surface area contributed by atoms with Gasteiger partial charge in [0.1, 0.15) is 11.5 Å². The fraction of sp³-hybridized carbons (Fsp3) is 0.375. The summed E-state index contributed by atoms with van der Waals surface area (Å²) < 4.78 is 5.69. The Kier molecular flexibility index (Phi) is 4.21. The van der Waals surface area contributed by atoms with E-state index >= 15 is 0 Å². The highest BCUT2D eigenvalue weighted by Crippen LogP contribution is 2.17. The molecule has 1 unspecified atom stereocenters. The number of nitrogens with one attached hydrogen (secondary N) is 1. The molecule has 1 aromatic carbocycles. The molecule has 0 aliphatic carbocycles.